The van der Waals surface area contributed by atoms with Crippen LogP contribution in [-0.2, 0) is 13.0 Å². The molecule has 0 aliphatic rings. The van der Waals surface area contributed by atoms with Gasteiger partial charge in [0, 0.05) is 28.8 Å². The number of fused-ring (bicyclic) bond motifs is 1. The second-order valence-corrected chi connectivity index (χ2v) is 7.70. The SMILES string of the molecule is Cc1c(C[C@@H](N)[C@H](C)F)sc2c(NCc3cccs3)cnnc12. The van der Waals surface area contributed by atoms with E-state index in [4.69, 9.17) is 5.73 Å². The zero-order chi connectivity index (χ0) is 16.4. The lowest BCUT2D eigenvalue weighted by Crippen LogP contribution is -2.31. The Morgan fingerprint density at radius 1 is 1.43 bits per heavy atom. The molecule has 122 valence electrons. The molecule has 23 heavy (non-hydrogen) atoms. The summed E-state index contributed by atoms with van der Waals surface area (Å²) in [5.74, 6) is 0. The maximum Gasteiger partial charge on any atom is 0.113 e. The van der Waals surface area contributed by atoms with E-state index in [2.05, 4.69) is 27.0 Å². The molecule has 0 radical (unpaired) electrons. The quantitative estimate of drug-likeness (QED) is 0.708. The molecule has 3 N–H and O–H groups in total. The van der Waals surface area contributed by atoms with Crippen molar-refractivity contribution in [2.24, 2.45) is 5.73 Å². The fourth-order valence-electron chi connectivity index (χ4n) is 2.35. The van der Waals surface area contributed by atoms with Gasteiger partial charge in [-0.3, -0.25) is 0 Å². The minimum Gasteiger partial charge on any atom is -0.378 e. The lowest BCUT2D eigenvalue weighted by atomic mass is 10.1. The van der Waals surface area contributed by atoms with Gasteiger partial charge in [0.25, 0.3) is 0 Å². The van der Waals surface area contributed by atoms with Crippen molar-refractivity contribution in [3.05, 3.63) is 39.0 Å². The van der Waals surface area contributed by atoms with Crippen LogP contribution < -0.4 is 11.1 Å². The molecule has 3 aromatic rings. The second kappa shape index (κ2) is 6.90. The molecule has 0 spiro atoms. The molecule has 0 unspecified atom stereocenters. The number of thiophene rings is 2. The van der Waals surface area contributed by atoms with Crippen LogP contribution in [0.5, 0.6) is 0 Å². The number of rotatable bonds is 6. The third-order valence-electron chi connectivity index (χ3n) is 3.85. The van der Waals surface area contributed by atoms with Crippen LogP contribution in [0, 0.1) is 6.92 Å². The molecule has 0 amide bonds. The van der Waals surface area contributed by atoms with Gasteiger partial charge in [0.2, 0.25) is 0 Å². The highest BCUT2D eigenvalue weighted by atomic mass is 32.1. The van der Waals surface area contributed by atoms with E-state index in [1.54, 1.807) is 28.9 Å². The lowest BCUT2D eigenvalue weighted by Gasteiger charge is -2.11. The van der Waals surface area contributed by atoms with E-state index in [1.807, 2.05) is 13.0 Å². The molecule has 0 fully saturated rings. The summed E-state index contributed by atoms with van der Waals surface area (Å²) in [6, 6.07) is 3.64. The van der Waals surface area contributed by atoms with Crippen molar-refractivity contribution in [1.29, 1.82) is 0 Å². The predicted molar refractivity (Wildman–Crippen MR) is 96.0 cm³/mol. The van der Waals surface area contributed by atoms with Crippen LogP contribution in [0.3, 0.4) is 0 Å². The zero-order valence-corrected chi connectivity index (χ0v) is 14.7. The van der Waals surface area contributed by atoms with Crippen LogP contribution in [0.4, 0.5) is 10.1 Å². The number of nitrogens with two attached hydrogens (primary N) is 1. The molecule has 0 aliphatic heterocycles. The van der Waals surface area contributed by atoms with Crippen molar-refractivity contribution in [2.75, 3.05) is 5.32 Å². The van der Waals surface area contributed by atoms with Gasteiger partial charge in [-0.1, -0.05) is 6.07 Å². The standard InChI is InChI=1S/C16H19FN4S2/c1-9-14(6-12(18)10(2)17)23-16-13(8-20-21-15(9)16)19-7-11-4-3-5-22-11/h3-5,8,10,12H,6-7,18H2,1-2H3,(H,19,21)/t10-,12+/m0/s1. The summed E-state index contributed by atoms with van der Waals surface area (Å²) in [5.41, 5.74) is 8.77. The zero-order valence-electron chi connectivity index (χ0n) is 13.0. The number of aryl methyl sites for hydroxylation is 1. The predicted octanol–water partition coefficient (Wildman–Crippen LogP) is 3.90. The van der Waals surface area contributed by atoms with Gasteiger partial charge in [0.15, 0.2) is 0 Å². The topological polar surface area (TPSA) is 63.8 Å². The number of nitrogens with one attached hydrogen (secondary N) is 1. The molecule has 3 aromatic heterocycles. The maximum atomic E-state index is 13.4. The van der Waals surface area contributed by atoms with Gasteiger partial charge < -0.3 is 11.1 Å². The van der Waals surface area contributed by atoms with Crippen molar-refractivity contribution < 1.29 is 4.39 Å². The van der Waals surface area contributed by atoms with Crippen molar-refractivity contribution in [1.82, 2.24) is 10.2 Å². The third kappa shape index (κ3) is 3.52. The third-order valence-corrected chi connectivity index (χ3v) is 6.06. The number of aromatic nitrogens is 2. The molecule has 2 atom stereocenters. The van der Waals surface area contributed by atoms with Gasteiger partial charge in [-0.2, -0.15) is 5.10 Å². The summed E-state index contributed by atoms with van der Waals surface area (Å²) in [4.78, 5) is 2.34. The Balaban J connectivity index is 1.88. The van der Waals surface area contributed by atoms with Gasteiger partial charge in [-0.25, -0.2) is 4.39 Å². The van der Waals surface area contributed by atoms with E-state index in [0.29, 0.717) is 6.42 Å². The average molecular weight is 350 g/mol. The Hall–Kier alpha value is -1.57. The van der Waals surface area contributed by atoms with Gasteiger partial charge in [0.05, 0.1) is 16.6 Å². The molecule has 0 saturated heterocycles. The smallest absolute Gasteiger partial charge is 0.113 e. The lowest BCUT2D eigenvalue weighted by molar-refractivity contribution is 0.305. The van der Waals surface area contributed by atoms with E-state index in [9.17, 15) is 4.39 Å². The summed E-state index contributed by atoms with van der Waals surface area (Å²) in [5, 5.41) is 13.8. The van der Waals surface area contributed by atoms with Crippen molar-refractivity contribution in [2.45, 2.75) is 39.0 Å². The Labute approximate surface area is 142 Å². The Bertz CT molecular complexity index is 783. The Kier molecular flexibility index (Phi) is 4.89. The van der Waals surface area contributed by atoms with Crippen LogP contribution in [0.1, 0.15) is 22.2 Å². The summed E-state index contributed by atoms with van der Waals surface area (Å²) in [7, 11) is 0. The van der Waals surface area contributed by atoms with Crippen molar-refractivity contribution in [3.63, 3.8) is 0 Å². The molecule has 0 bridgehead atoms. The van der Waals surface area contributed by atoms with E-state index in [0.717, 1.165) is 32.9 Å². The second-order valence-electron chi connectivity index (χ2n) is 5.56. The Morgan fingerprint density at radius 3 is 2.96 bits per heavy atom. The highest BCUT2D eigenvalue weighted by molar-refractivity contribution is 7.19. The Morgan fingerprint density at radius 2 is 2.26 bits per heavy atom. The van der Waals surface area contributed by atoms with Crippen LogP contribution in [0.15, 0.2) is 23.7 Å². The number of hydrogen-bond donors (Lipinski definition) is 2. The van der Waals surface area contributed by atoms with Crippen LogP contribution in [0.25, 0.3) is 10.2 Å². The first-order valence-electron chi connectivity index (χ1n) is 7.46. The summed E-state index contributed by atoms with van der Waals surface area (Å²) < 4.78 is 14.4. The molecule has 0 aromatic carbocycles. The minimum absolute atomic E-state index is 0.489. The van der Waals surface area contributed by atoms with Gasteiger partial charge in [-0.05, 0) is 30.9 Å². The molecule has 0 aliphatic carbocycles. The van der Waals surface area contributed by atoms with E-state index in [-0.39, 0.29) is 0 Å². The highest BCUT2D eigenvalue weighted by Crippen LogP contribution is 2.35. The number of hydrogen-bond acceptors (Lipinski definition) is 6. The van der Waals surface area contributed by atoms with Crippen molar-refractivity contribution in [3.8, 4) is 0 Å². The largest absolute Gasteiger partial charge is 0.378 e. The molecule has 3 heterocycles. The molecule has 4 nitrogen and oxygen atoms in total. The summed E-state index contributed by atoms with van der Waals surface area (Å²) >= 11 is 3.34. The van der Waals surface area contributed by atoms with E-state index in [1.165, 1.54) is 11.8 Å². The fraction of sp³-hybridized carbons (Fsp3) is 0.375. The average Bonchev–Trinajstić information content (AvgIpc) is 3.15. The highest BCUT2D eigenvalue weighted by Gasteiger charge is 2.18. The summed E-state index contributed by atoms with van der Waals surface area (Å²) in [6.07, 6.45) is 1.24. The van der Waals surface area contributed by atoms with E-state index < -0.39 is 12.2 Å². The molecule has 7 heteroatoms. The van der Waals surface area contributed by atoms with Gasteiger partial charge >= 0.3 is 0 Å². The number of anilines is 1. The van der Waals surface area contributed by atoms with Crippen molar-refractivity contribution >= 4 is 38.6 Å². The monoisotopic (exact) mass is 350 g/mol. The van der Waals surface area contributed by atoms with Crippen LogP contribution >= 0.6 is 22.7 Å². The van der Waals surface area contributed by atoms with Crippen LogP contribution in [0.2, 0.25) is 0 Å². The first-order chi connectivity index (χ1) is 11.1. The molecule has 3 rings (SSSR count). The summed E-state index contributed by atoms with van der Waals surface area (Å²) in [6.45, 7) is 4.26. The van der Waals surface area contributed by atoms with E-state index >= 15 is 0 Å². The number of nitrogens with zero attached hydrogens (tertiary/aromatic N) is 2. The van der Waals surface area contributed by atoms with Gasteiger partial charge in [0.1, 0.15) is 11.7 Å². The normalized spacial score (nSPS) is 14.1. The fourth-order valence-corrected chi connectivity index (χ4v) is 4.29. The number of halogens is 1. The molecular formula is C16H19FN4S2. The maximum absolute atomic E-state index is 13.4. The molecular weight excluding hydrogens is 331 g/mol. The minimum atomic E-state index is -1.03. The van der Waals surface area contributed by atoms with Gasteiger partial charge in [-0.15, -0.1) is 27.8 Å². The first-order valence-corrected chi connectivity index (χ1v) is 9.15. The van der Waals surface area contributed by atoms with Crippen LogP contribution in [-0.4, -0.2) is 22.4 Å². The number of alkyl halides is 1. The first kappa shape index (κ1) is 16.3. The molecule has 0 saturated carbocycles.